The predicted octanol–water partition coefficient (Wildman–Crippen LogP) is 6.36. The highest BCUT2D eigenvalue weighted by Gasteiger charge is 2.61. The molecule has 0 N–H and O–H groups in total. The fourth-order valence-electron chi connectivity index (χ4n) is 2.09. The van der Waals surface area contributed by atoms with Crippen molar-refractivity contribution < 1.29 is 31.4 Å². The van der Waals surface area contributed by atoms with E-state index >= 15 is 0 Å². The number of hydrogen-bond acceptors (Lipinski definition) is 2. The lowest BCUT2D eigenvalue weighted by molar-refractivity contribution is -0.360. The first-order valence-corrected chi connectivity index (χ1v) is 7.71. The van der Waals surface area contributed by atoms with E-state index in [9.17, 15) is 22.0 Å². The van der Waals surface area contributed by atoms with Crippen LogP contribution >= 0.6 is 0 Å². The Kier molecular flexibility index (Phi) is 5.87. The van der Waals surface area contributed by atoms with Gasteiger partial charge >= 0.3 is 12.3 Å². The van der Waals surface area contributed by atoms with Crippen LogP contribution in [0.3, 0.4) is 0 Å². The zero-order valence-electron chi connectivity index (χ0n) is 13.4. The third-order valence-corrected chi connectivity index (χ3v) is 3.33. The Balaban J connectivity index is 2.12. The smallest absolute Gasteiger partial charge is 0.457 e. The van der Waals surface area contributed by atoms with Gasteiger partial charge in [0.2, 0.25) is 0 Å². The molecule has 0 amide bonds. The van der Waals surface area contributed by atoms with Gasteiger partial charge in [-0.1, -0.05) is 31.5 Å². The molecule has 2 aromatic carbocycles. The summed E-state index contributed by atoms with van der Waals surface area (Å²) in [5.74, 6) is -0.0709. The number of halogens is 5. The number of unbranched alkanes of at least 4 members (excludes halogenated alkanes) is 1. The van der Waals surface area contributed by atoms with Crippen molar-refractivity contribution in [1.29, 1.82) is 0 Å². The van der Waals surface area contributed by atoms with Gasteiger partial charge in [0, 0.05) is 6.07 Å². The molecule has 0 radical (unpaired) electrons. The van der Waals surface area contributed by atoms with E-state index in [0.29, 0.717) is 5.75 Å². The second-order valence-corrected chi connectivity index (χ2v) is 5.44. The van der Waals surface area contributed by atoms with Gasteiger partial charge < -0.3 is 9.47 Å². The lowest BCUT2D eigenvalue weighted by atomic mass is 10.1. The minimum atomic E-state index is -5.79. The largest absolute Gasteiger partial charge is 0.499 e. The lowest BCUT2D eigenvalue weighted by Gasteiger charge is -2.20. The summed E-state index contributed by atoms with van der Waals surface area (Å²) in [6.07, 6.45) is -8.14. The molecule has 25 heavy (non-hydrogen) atoms. The number of aryl methyl sites for hydroxylation is 1. The first-order valence-electron chi connectivity index (χ1n) is 7.71. The Morgan fingerprint density at radius 2 is 1.44 bits per heavy atom. The van der Waals surface area contributed by atoms with Gasteiger partial charge in [-0.3, -0.25) is 0 Å². The summed E-state index contributed by atoms with van der Waals surface area (Å²) in [5.41, 5.74) is 1.05. The molecule has 2 aromatic rings. The molecule has 0 aliphatic rings. The van der Waals surface area contributed by atoms with Gasteiger partial charge in [-0.25, -0.2) is 0 Å². The number of rotatable bonds is 7. The molecule has 0 heterocycles. The second-order valence-electron chi connectivity index (χ2n) is 5.44. The molecule has 2 nitrogen and oxygen atoms in total. The zero-order chi connectivity index (χ0) is 18.5. The van der Waals surface area contributed by atoms with E-state index in [1.165, 1.54) is 12.1 Å². The topological polar surface area (TPSA) is 18.5 Å². The molecule has 0 aliphatic carbocycles. The van der Waals surface area contributed by atoms with Crippen molar-refractivity contribution in [2.45, 2.75) is 38.5 Å². The van der Waals surface area contributed by atoms with Crippen molar-refractivity contribution in [2.24, 2.45) is 0 Å². The number of ether oxygens (including phenoxy) is 2. The van der Waals surface area contributed by atoms with Crippen LogP contribution in [0.15, 0.2) is 48.5 Å². The fraction of sp³-hybridized carbons (Fsp3) is 0.333. The van der Waals surface area contributed by atoms with Crippen molar-refractivity contribution in [1.82, 2.24) is 0 Å². The van der Waals surface area contributed by atoms with Crippen LogP contribution in [-0.4, -0.2) is 12.3 Å². The molecule has 0 saturated heterocycles. The van der Waals surface area contributed by atoms with Crippen molar-refractivity contribution in [3.63, 3.8) is 0 Å². The Bertz CT molecular complexity index is 698. The second kappa shape index (κ2) is 7.72. The van der Waals surface area contributed by atoms with Crippen LogP contribution in [0.1, 0.15) is 25.3 Å². The summed E-state index contributed by atoms with van der Waals surface area (Å²) >= 11 is 0. The van der Waals surface area contributed by atoms with Crippen LogP contribution in [0.4, 0.5) is 22.0 Å². The highest BCUT2D eigenvalue weighted by atomic mass is 19.4. The molecule has 0 aliphatic heterocycles. The monoisotopic (exact) mass is 360 g/mol. The molecule has 0 spiro atoms. The molecule has 7 heteroatoms. The minimum Gasteiger partial charge on any atom is -0.457 e. The maximum Gasteiger partial charge on any atom is 0.499 e. The van der Waals surface area contributed by atoms with Crippen molar-refractivity contribution >= 4 is 0 Å². The molecular weight excluding hydrogens is 343 g/mol. The molecule has 136 valence electrons. The first kappa shape index (κ1) is 19.0. The number of alkyl halides is 5. The van der Waals surface area contributed by atoms with Gasteiger partial charge in [-0.2, -0.15) is 22.0 Å². The molecule has 0 bridgehead atoms. The Hall–Kier alpha value is -2.31. The summed E-state index contributed by atoms with van der Waals surface area (Å²) in [7, 11) is 0. The summed E-state index contributed by atoms with van der Waals surface area (Å²) in [6, 6.07) is 11.9. The number of benzene rings is 2. The normalized spacial score (nSPS) is 12.1. The van der Waals surface area contributed by atoms with Crippen LogP contribution in [0, 0.1) is 0 Å². The Labute approximate surface area is 142 Å². The minimum absolute atomic E-state index is 0.100. The maximum absolute atomic E-state index is 13.0. The van der Waals surface area contributed by atoms with Crippen LogP contribution in [0.25, 0.3) is 0 Å². The average molecular weight is 360 g/mol. The van der Waals surface area contributed by atoms with E-state index in [-0.39, 0.29) is 5.75 Å². The summed E-state index contributed by atoms with van der Waals surface area (Å²) in [6.45, 7) is 2.07. The van der Waals surface area contributed by atoms with Gasteiger partial charge in [-0.15, -0.1) is 0 Å². The first-order chi connectivity index (χ1) is 11.7. The van der Waals surface area contributed by atoms with Gasteiger partial charge in [0.05, 0.1) is 0 Å². The molecule has 0 fully saturated rings. The van der Waals surface area contributed by atoms with Crippen LogP contribution < -0.4 is 9.47 Å². The van der Waals surface area contributed by atoms with Crippen molar-refractivity contribution in [3.05, 3.63) is 54.1 Å². The average Bonchev–Trinajstić information content (AvgIpc) is 2.52. The third kappa shape index (κ3) is 5.34. The SMILES string of the molecule is CCCCc1cccc(Oc2cccc(OC(F)(F)C(F)(F)F)c2)c1. The van der Waals surface area contributed by atoms with E-state index < -0.39 is 18.0 Å². The van der Waals surface area contributed by atoms with Crippen LogP contribution in [-0.2, 0) is 6.42 Å². The molecule has 0 unspecified atom stereocenters. The van der Waals surface area contributed by atoms with E-state index in [0.717, 1.165) is 37.0 Å². The molecule has 0 aromatic heterocycles. The van der Waals surface area contributed by atoms with Gasteiger partial charge in [0.25, 0.3) is 0 Å². The van der Waals surface area contributed by atoms with Crippen LogP contribution in [0.2, 0.25) is 0 Å². The van der Waals surface area contributed by atoms with Crippen LogP contribution in [0.5, 0.6) is 17.2 Å². The molecular formula is C18H17F5O2. The fourth-order valence-corrected chi connectivity index (χ4v) is 2.09. The highest BCUT2D eigenvalue weighted by Crippen LogP contribution is 2.38. The van der Waals surface area contributed by atoms with Gasteiger partial charge in [0.15, 0.2) is 0 Å². The maximum atomic E-state index is 13.0. The number of hydrogen-bond donors (Lipinski definition) is 0. The van der Waals surface area contributed by atoms with E-state index in [1.54, 1.807) is 18.2 Å². The van der Waals surface area contributed by atoms with Gasteiger partial charge in [0.1, 0.15) is 17.2 Å². The third-order valence-electron chi connectivity index (χ3n) is 3.33. The van der Waals surface area contributed by atoms with E-state index in [4.69, 9.17) is 4.74 Å². The Morgan fingerprint density at radius 3 is 2.08 bits per heavy atom. The standard InChI is InChI=1S/C18H17F5O2/c1-2-3-6-13-7-4-8-14(11-13)24-15-9-5-10-16(12-15)25-18(22,23)17(19,20)21/h4-5,7-12H,2-3,6H2,1H3. The van der Waals surface area contributed by atoms with E-state index in [2.05, 4.69) is 11.7 Å². The molecule has 0 atom stereocenters. The Morgan fingerprint density at radius 1 is 0.840 bits per heavy atom. The summed E-state index contributed by atoms with van der Waals surface area (Å²) in [4.78, 5) is 0. The summed E-state index contributed by atoms with van der Waals surface area (Å²) in [5, 5.41) is 0. The van der Waals surface area contributed by atoms with Crippen molar-refractivity contribution in [2.75, 3.05) is 0 Å². The summed E-state index contributed by atoms with van der Waals surface area (Å²) < 4.78 is 71.9. The molecule has 0 saturated carbocycles. The quantitative estimate of drug-likeness (QED) is 0.535. The zero-order valence-corrected chi connectivity index (χ0v) is 13.4. The predicted molar refractivity (Wildman–Crippen MR) is 83.2 cm³/mol. The van der Waals surface area contributed by atoms with Gasteiger partial charge in [-0.05, 0) is 42.7 Å². The van der Waals surface area contributed by atoms with Crippen molar-refractivity contribution in [3.8, 4) is 17.2 Å². The lowest BCUT2D eigenvalue weighted by Crippen LogP contribution is -2.41. The molecule has 2 rings (SSSR count). The van der Waals surface area contributed by atoms with E-state index in [1.807, 2.05) is 6.07 Å². The highest BCUT2D eigenvalue weighted by molar-refractivity contribution is 5.38.